The smallest absolute Gasteiger partial charge is 0.131 e. The molecule has 0 fully saturated rings. The normalized spacial score (nSPS) is 11.4. The molecule has 0 aliphatic rings. The van der Waals surface area contributed by atoms with Crippen molar-refractivity contribution in [3.8, 4) is 0 Å². The zero-order valence-corrected chi connectivity index (χ0v) is 14.6. The second-order valence-electron chi connectivity index (χ2n) is 6.48. The predicted octanol–water partition coefficient (Wildman–Crippen LogP) is 1.94. The van der Waals surface area contributed by atoms with Gasteiger partial charge in [-0.2, -0.15) is 10.2 Å². The van der Waals surface area contributed by atoms with Gasteiger partial charge in [-0.15, -0.1) is 0 Å². The highest BCUT2D eigenvalue weighted by Crippen LogP contribution is 2.23. The standard InChI is InChI=1S/C16H28N6/c1-12(2)10-22-16(20(4)5)15(13(3)19-22)9-17-7-14-8-18-21(6)11-14/h8,11-12,17H,7,9-10H2,1-6H3. The van der Waals surface area contributed by atoms with E-state index in [9.17, 15) is 0 Å². The molecule has 2 aromatic rings. The van der Waals surface area contributed by atoms with Gasteiger partial charge in [0.05, 0.1) is 11.9 Å². The van der Waals surface area contributed by atoms with Crippen molar-refractivity contribution in [1.82, 2.24) is 24.9 Å². The molecule has 122 valence electrons. The largest absolute Gasteiger partial charge is 0.363 e. The van der Waals surface area contributed by atoms with Gasteiger partial charge in [0.15, 0.2) is 0 Å². The molecule has 2 aromatic heterocycles. The van der Waals surface area contributed by atoms with Gasteiger partial charge in [-0.25, -0.2) is 4.68 Å². The number of nitrogens with zero attached hydrogens (tertiary/aromatic N) is 5. The first kappa shape index (κ1) is 16.5. The molecule has 0 bridgehead atoms. The number of aromatic nitrogens is 4. The van der Waals surface area contributed by atoms with Crippen LogP contribution >= 0.6 is 0 Å². The van der Waals surface area contributed by atoms with Crippen LogP contribution in [0.5, 0.6) is 0 Å². The van der Waals surface area contributed by atoms with E-state index in [-0.39, 0.29) is 0 Å². The van der Waals surface area contributed by atoms with Crippen molar-refractivity contribution in [2.75, 3.05) is 19.0 Å². The molecule has 0 saturated carbocycles. The van der Waals surface area contributed by atoms with Crippen LogP contribution in [0.4, 0.5) is 5.82 Å². The maximum Gasteiger partial charge on any atom is 0.131 e. The van der Waals surface area contributed by atoms with Gasteiger partial charge in [0.2, 0.25) is 0 Å². The summed E-state index contributed by atoms with van der Waals surface area (Å²) in [6.45, 7) is 9.09. The Balaban J connectivity index is 2.10. The Kier molecular flexibility index (Phi) is 5.24. The lowest BCUT2D eigenvalue weighted by atomic mass is 10.2. The average Bonchev–Trinajstić information content (AvgIpc) is 2.93. The van der Waals surface area contributed by atoms with Crippen LogP contribution in [-0.2, 0) is 26.7 Å². The zero-order chi connectivity index (χ0) is 16.3. The van der Waals surface area contributed by atoms with E-state index < -0.39 is 0 Å². The topological polar surface area (TPSA) is 50.9 Å². The molecule has 0 aliphatic carbocycles. The summed E-state index contributed by atoms with van der Waals surface area (Å²) in [5, 5.41) is 12.4. The van der Waals surface area contributed by atoms with E-state index in [4.69, 9.17) is 5.10 Å². The summed E-state index contributed by atoms with van der Waals surface area (Å²) in [4.78, 5) is 2.16. The van der Waals surface area contributed by atoms with Crippen molar-refractivity contribution in [1.29, 1.82) is 0 Å². The number of hydrogen-bond donors (Lipinski definition) is 1. The molecule has 2 heterocycles. The molecule has 22 heavy (non-hydrogen) atoms. The van der Waals surface area contributed by atoms with E-state index >= 15 is 0 Å². The van der Waals surface area contributed by atoms with E-state index in [0.29, 0.717) is 5.92 Å². The lowest BCUT2D eigenvalue weighted by molar-refractivity contribution is 0.481. The average molecular weight is 304 g/mol. The lowest BCUT2D eigenvalue weighted by Gasteiger charge is -2.18. The van der Waals surface area contributed by atoms with E-state index in [1.165, 1.54) is 16.9 Å². The van der Waals surface area contributed by atoms with Crippen LogP contribution in [0, 0.1) is 12.8 Å². The van der Waals surface area contributed by atoms with Gasteiger partial charge < -0.3 is 10.2 Å². The first-order valence-electron chi connectivity index (χ1n) is 7.80. The van der Waals surface area contributed by atoms with Gasteiger partial charge in [-0.05, 0) is 12.8 Å². The third-order valence-electron chi connectivity index (χ3n) is 3.57. The van der Waals surface area contributed by atoms with Crippen molar-refractivity contribution in [3.05, 3.63) is 29.2 Å². The zero-order valence-electron chi connectivity index (χ0n) is 14.6. The molecule has 0 saturated heterocycles. The summed E-state index contributed by atoms with van der Waals surface area (Å²) in [5.74, 6) is 1.78. The molecule has 2 rings (SSSR count). The molecular weight excluding hydrogens is 276 g/mol. The molecule has 0 unspecified atom stereocenters. The van der Waals surface area contributed by atoms with Crippen molar-refractivity contribution in [2.45, 2.75) is 40.4 Å². The van der Waals surface area contributed by atoms with Crippen LogP contribution < -0.4 is 10.2 Å². The minimum Gasteiger partial charge on any atom is -0.363 e. The number of rotatable bonds is 7. The SMILES string of the molecule is Cc1nn(CC(C)C)c(N(C)C)c1CNCc1cnn(C)c1. The first-order valence-corrected chi connectivity index (χ1v) is 7.80. The Morgan fingerprint density at radius 1 is 1.27 bits per heavy atom. The fourth-order valence-electron chi connectivity index (χ4n) is 2.68. The van der Waals surface area contributed by atoms with Gasteiger partial charge in [0.25, 0.3) is 0 Å². The summed E-state index contributed by atoms with van der Waals surface area (Å²) in [6.07, 6.45) is 3.93. The van der Waals surface area contributed by atoms with E-state index in [1.807, 2.05) is 24.1 Å². The van der Waals surface area contributed by atoms with Crippen LogP contribution in [-0.4, -0.2) is 33.7 Å². The van der Waals surface area contributed by atoms with Gasteiger partial charge in [-0.1, -0.05) is 13.8 Å². The maximum atomic E-state index is 4.72. The minimum absolute atomic E-state index is 0.578. The predicted molar refractivity (Wildman–Crippen MR) is 89.9 cm³/mol. The van der Waals surface area contributed by atoms with E-state index in [1.54, 1.807) is 0 Å². The number of nitrogens with one attached hydrogen (secondary N) is 1. The summed E-state index contributed by atoms with van der Waals surface area (Å²) in [5.41, 5.74) is 3.57. The Morgan fingerprint density at radius 3 is 2.55 bits per heavy atom. The van der Waals surface area contributed by atoms with Crippen LogP contribution in [0.15, 0.2) is 12.4 Å². The van der Waals surface area contributed by atoms with Gasteiger partial charge in [-0.3, -0.25) is 4.68 Å². The van der Waals surface area contributed by atoms with Crippen molar-refractivity contribution in [2.24, 2.45) is 13.0 Å². The van der Waals surface area contributed by atoms with Crippen LogP contribution in [0.1, 0.15) is 30.7 Å². The van der Waals surface area contributed by atoms with Crippen LogP contribution in [0.2, 0.25) is 0 Å². The summed E-state index contributed by atoms with van der Waals surface area (Å²) < 4.78 is 3.95. The molecule has 0 atom stereocenters. The molecule has 0 aromatic carbocycles. The fourth-order valence-corrected chi connectivity index (χ4v) is 2.68. The third kappa shape index (κ3) is 3.88. The monoisotopic (exact) mass is 304 g/mol. The lowest BCUT2D eigenvalue weighted by Crippen LogP contribution is -2.20. The van der Waals surface area contributed by atoms with Crippen LogP contribution in [0.25, 0.3) is 0 Å². The van der Waals surface area contributed by atoms with Gasteiger partial charge in [0, 0.05) is 58.1 Å². The number of aryl methyl sites for hydroxylation is 2. The summed E-state index contributed by atoms with van der Waals surface area (Å²) >= 11 is 0. The third-order valence-corrected chi connectivity index (χ3v) is 3.57. The fraction of sp³-hybridized carbons (Fsp3) is 0.625. The Labute approximate surface area is 133 Å². The molecule has 0 aliphatic heterocycles. The Hall–Kier alpha value is -1.82. The first-order chi connectivity index (χ1) is 10.4. The van der Waals surface area contributed by atoms with Crippen molar-refractivity contribution in [3.63, 3.8) is 0 Å². The maximum absolute atomic E-state index is 4.72. The van der Waals surface area contributed by atoms with Gasteiger partial charge in [0.1, 0.15) is 5.82 Å². The molecule has 6 nitrogen and oxygen atoms in total. The summed E-state index contributed by atoms with van der Waals surface area (Å²) in [7, 11) is 6.10. The molecule has 6 heteroatoms. The molecule has 0 spiro atoms. The summed E-state index contributed by atoms with van der Waals surface area (Å²) in [6, 6.07) is 0. The van der Waals surface area contributed by atoms with Crippen LogP contribution in [0.3, 0.4) is 0 Å². The highest BCUT2D eigenvalue weighted by molar-refractivity contribution is 5.49. The molecule has 0 radical (unpaired) electrons. The van der Waals surface area contributed by atoms with Gasteiger partial charge >= 0.3 is 0 Å². The highest BCUT2D eigenvalue weighted by Gasteiger charge is 2.17. The Morgan fingerprint density at radius 2 is 2.00 bits per heavy atom. The van der Waals surface area contributed by atoms with Crippen molar-refractivity contribution >= 4 is 5.82 Å². The minimum atomic E-state index is 0.578. The Bertz CT molecular complexity index is 608. The van der Waals surface area contributed by atoms with Crippen molar-refractivity contribution < 1.29 is 0 Å². The van der Waals surface area contributed by atoms with E-state index in [2.05, 4.69) is 54.9 Å². The highest BCUT2D eigenvalue weighted by atomic mass is 15.4. The number of anilines is 1. The quantitative estimate of drug-likeness (QED) is 0.849. The second kappa shape index (κ2) is 6.96. The molecular formula is C16H28N6. The number of hydrogen-bond acceptors (Lipinski definition) is 4. The van der Waals surface area contributed by atoms with E-state index in [0.717, 1.165) is 25.3 Å². The molecule has 1 N–H and O–H groups in total. The second-order valence-corrected chi connectivity index (χ2v) is 6.48. The molecule has 0 amide bonds.